The second kappa shape index (κ2) is 7.93. The van der Waals surface area contributed by atoms with Crippen LogP contribution in [0.4, 0.5) is 0 Å². The first-order chi connectivity index (χ1) is 12.5. The van der Waals surface area contributed by atoms with E-state index >= 15 is 0 Å². The Morgan fingerprint density at radius 3 is 2.42 bits per heavy atom. The number of amides is 3. The van der Waals surface area contributed by atoms with Gasteiger partial charge in [-0.1, -0.05) is 42.5 Å². The summed E-state index contributed by atoms with van der Waals surface area (Å²) in [5.41, 5.74) is 8.49. The Kier molecular flexibility index (Phi) is 5.43. The summed E-state index contributed by atoms with van der Waals surface area (Å²) < 4.78 is 0. The van der Waals surface area contributed by atoms with Crippen molar-refractivity contribution in [1.29, 1.82) is 0 Å². The van der Waals surface area contributed by atoms with E-state index in [-0.39, 0.29) is 36.1 Å². The highest BCUT2D eigenvalue weighted by Crippen LogP contribution is 2.18. The summed E-state index contributed by atoms with van der Waals surface area (Å²) in [5.74, 6) is -0.986. The molecule has 0 aromatic heterocycles. The summed E-state index contributed by atoms with van der Waals surface area (Å²) in [6, 6.07) is 16.4. The van der Waals surface area contributed by atoms with Gasteiger partial charge in [-0.05, 0) is 29.7 Å². The molecule has 2 atom stereocenters. The standard InChI is InChI=1S/C20H21N3O3/c21-17(14-4-2-1-3-5-14)12-22-19(25)15-8-6-13(7-9-15)10-16-11-18(24)23-20(16)26/h1-9,16-17H,10-12,21H2,(H,22,25)(H,23,24,26). The molecule has 0 radical (unpaired) electrons. The molecule has 0 saturated carbocycles. The Labute approximate surface area is 151 Å². The van der Waals surface area contributed by atoms with Crippen molar-refractivity contribution in [1.82, 2.24) is 10.6 Å². The fraction of sp³-hybridized carbons (Fsp3) is 0.250. The van der Waals surface area contributed by atoms with Gasteiger partial charge >= 0.3 is 0 Å². The summed E-state index contributed by atoms with van der Waals surface area (Å²) in [6.45, 7) is 0.342. The number of rotatable bonds is 6. The lowest BCUT2D eigenvalue weighted by Gasteiger charge is -2.13. The molecule has 2 aromatic carbocycles. The van der Waals surface area contributed by atoms with Gasteiger partial charge in [0.25, 0.3) is 5.91 Å². The zero-order valence-corrected chi connectivity index (χ0v) is 14.3. The van der Waals surface area contributed by atoms with Gasteiger partial charge in [-0.2, -0.15) is 0 Å². The lowest BCUT2D eigenvalue weighted by molar-refractivity contribution is -0.125. The van der Waals surface area contributed by atoms with Gasteiger partial charge in [0.15, 0.2) is 0 Å². The minimum absolute atomic E-state index is 0.197. The number of nitrogens with two attached hydrogens (primary N) is 1. The molecule has 1 heterocycles. The lowest BCUT2D eigenvalue weighted by atomic mass is 9.97. The second-order valence-electron chi connectivity index (χ2n) is 6.44. The van der Waals surface area contributed by atoms with Gasteiger partial charge < -0.3 is 11.1 Å². The molecule has 2 aromatic rings. The van der Waals surface area contributed by atoms with Crippen LogP contribution in [0, 0.1) is 5.92 Å². The molecule has 3 amide bonds. The van der Waals surface area contributed by atoms with E-state index in [1.807, 2.05) is 42.5 Å². The zero-order chi connectivity index (χ0) is 18.5. The summed E-state index contributed by atoms with van der Waals surface area (Å²) in [5, 5.41) is 5.13. The normalized spacial score (nSPS) is 17.7. The van der Waals surface area contributed by atoms with Crippen molar-refractivity contribution >= 4 is 17.7 Å². The fourth-order valence-corrected chi connectivity index (χ4v) is 2.97. The Hall–Kier alpha value is -2.99. The third-order valence-electron chi connectivity index (χ3n) is 4.47. The van der Waals surface area contributed by atoms with Crippen molar-refractivity contribution in [3.05, 3.63) is 71.3 Å². The van der Waals surface area contributed by atoms with Crippen LogP contribution in [0.5, 0.6) is 0 Å². The minimum Gasteiger partial charge on any atom is -0.350 e. The van der Waals surface area contributed by atoms with E-state index in [4.69, 9.17) is 5.73 Å². The van der Waals surface area contributed by atoms with Crippen LogP contribution in [-0.4, -0.2) is 24.3 Å². The molecule has 1 aliphatic rings. The monoisotopic (exact) mass is 351 g/mol. The molecule has 4 N–H and O–H groups in total. The van der Waals surface area contributed by atoms with Gasteiger partial charge in [-0.25, -0.2) is 0 Å². The third kappa shape index (κ3) is 4.34. The van der Waals surface area contributed by atoms with Crippen molar-refractivity contribution < 1.29 is 14.4 Å². The number of benzene rings is 2. The van der Waals surface area contributed by atoms with Crippen molar-refractivity contribution in [2.24, 2.45) is 11.7 Å². The Morgan fingerprint density at radius 1 is 1.12 bits per heavy atom. The number of carbonyl (C=O) groups is 3. The lowest BCUT2D eigenvalue weighted by Crippen LogP contribution is -2.31. The van der Waals surface area contributed by atoms with E-state index in [0.717, 1.165) is 11.1 Å². The summed E-state index contributed by atoms with van der Waals surface area (Å²) in [6.07, 6.45) is 0.705. The molecule has 1 saturated heterocycles. The van der Waals surface area contributed by atoms with E-state index in [0.29, 0.717) is 18.5 Å². The first kappa shape index (κ1) is 17.8. The van der Waals surface area contributed by atoms with Crippen LogP contribution in [0.25, 0.3) is 0 Å². The van der Waals surface area contributed by atoms with Crippen LogP contribution < -0.4 is 16.4 Å². The first-order valence-electron chi connectivity index (χ1n) is 8.54. The maximum absolute atomic E-state index is 12.3. The molecule has 134 valence electrons. The number of imide groups is 1. The average Bonchev–Trinajstić information content (AvgIpc) is 2.97. The minimum atomic E-state index is -0.328. The topological polar surface area (TPSA) is 101 Å². The van der Waals surface area contributed by atoms with Gasteiger partial charge in [0.1, 0.15) is 0 Å². The van der Waals surface area contributed by atoms with E-state index in [9.17, 15) is 14.4 Å². The summed E-state index contributed by atoms with van der Waals surface area (Å²) in [7, 11) is 0. The van der Waals surface area contributed by atoms with Gasteiger partial charge in [0.2, 0.25) is 11.8 Å². The number of hydrogen-bond donors (Lipinski definition) is 3. The average molecular weight is 351 g/mol. The second-order valence-corrected chi connectivity index (χ2v) is 6.44. The van der Waals surface area contributed by atoms with Gasteiger partial charge in [-0.3, -0.25) is 19.7 Å². The summed E-state index contributed by atoms with van der Waals surface area (Å²) >= 11 is 0. The van der Waals surface area contributed by atoms with Crippen molar-refractivity contribution in [3.8, 4) is 0 Å². The highest BCUT2D eigenvalue weighted by atomic mass is 16.2. The third-order valence-corrected chi connectivity index (χ3v) is 4.47. The van der Waals surface area contributed by atoms with E-state index < -0.39 is 0 Å². The molecule has 2 unspecified atom stereocenters. The van der Waals surface area contributed by atoms with Gasteiger partial charge in [0.05, 0.1) is 5.92 Å². The predicted molar refractivity (Wildman–Crippen MR) is 97.1 cm³/mol. The van der Waals surface area contributed by atoms with E-state index in [2.05, 4.69) is 10.6 Å². The maximum Gasteiger partial charge on any atom is 0.251 e. The van der Waals surface area contributed by atoms with Crippen molar-refractivity contribution in [3.63, 3.8) is 0 Å². The molecule has 0 spiro atoms. The molecule has 6 nitrogen and oxygen atoms in total. The number of nitrogens with one attached hydrogen (secondary N) is 2. The van der Waals surface area contributed by atoms with Gasteiger partial charge in [0, 0.05) is 24.6 Å². The smallest absolute Gasteiger partial charge is 0.251 e. The fourth-order valence-electron chi connectivity index (χ4n) is 2.97. The largest absolute Gasteiger partial charge is 0.350 e. The van der Waals surface area contributed by atoms with Crippen molar-refractivity contribution in [2.45, 2.75) is 18.9 Å². The Bertz CT molecular complexity index is 803. The molecule has 1 aliphatic heterocycles. The molecule has 0 aliphatic carbocycles. The van der Waals surface area contributed by atoms with Crippen molar-refractivity contribution in [2.75, 3.05) is 6.54 Å². The van der Waals surface area contributed by atoms with Crippen LogP contribution in [0.1, 0.15) is 33.9 Å². The molecule has 3 rings (SSSR count). The van der Waals surface area contributed by atoms with Crippen LogP contribution in [-0.2, 0) is 16.0 Å². The Balaban J connectivity index is 1.54. The maximum atomic E-state index is 12.3. The van der Waals surface area contributed by atoms with Gasteiger partial charge in [-0.15, -0.1) is 0 Å². The summed E-state index contributed by atoms with van der Waals surface area (Å²) in [4.78, 5) is 35.1. The molecule has 6 heteroatoms. The predicted octanol–water partition coefficient (Wildman–Crippen LogP) is 1.32. The zero-order valence-electron chi connectivity index (χ0n) is 14.3. The highest BCUT2D eigenvalue weighted by molar-refractivity contribution is 6.03. The quantitative estimate of drug-likeness (QED) is 0.683. The molecular formula is C20H21N3O3. The number of hydrogen-bond acceptors (Lipinski definition) is 4. The van der Waals surface area contributed by atoms with E-state index in [1.54, 1.807) is 12.1 Å². The molecule has 0 bridgehead atoms. The SMILES string of the molecule is NC(CNC(=O)c1ccc(CC2CC(=O)NC2=O)cc1)c1ccccc1. The van der Waals surface area contributed by atoms with Crippen LogP contribution in [0.3, 0.4) is 0 Å². The first-order valence-corrected chi connectivity index (χ1v) is 8.54. The number of carbonyl (C=O) groups excluding carboxylic acids is 3. The highest BCUT2D eigenvalue weighted by Gasteiger charge is 2.30. The molecule has 1 fully saturated rings. The van der Waals surface area contributed by atoms with Crippen LogP contribution >= 0.6 is 0 Å². The van der Waals surface area contributed by atoms with Crippen LogP contribution in [0.2, 0.25) is 0 Å². The van der Waals surface area contributed by atoms with E-state index in [1.165, 1.54) is 0 Å². The molecule has 26 heavy (non-hydrogen) atoms. The van der Waals surface area contributed by atoms with Crippen LogP contribution in [0.15, 0.2) is 54.6 Å². The Morgan fingerprint density at radius 2 is 1.81 bits per heavy atom. The molecular weight excluding hydrogens is 330 g/mol.